The van der Waals surface area contributed by atoms with E-state index in [1.165, 1.54) is 24.7 Å². The number of H-pyrrole nitrogens is 1. The van der Waals surface area contributed by atoms with Gasteiger partial charge in [-0.25, -0.2) is 9.97 Å². The summed E-state index contributed by atoms with van der Waals surface area (Å²) in [7, 11) is 0. The predicted molar refractivity (Wildman–Crippen MR) is 74.3 cm³/mol. The largest absolute Gasteiger partial charge is 0.416 e. The molecular formula is C14H10F3N5O. The molecule has 0 radical (unpaired) electrons. The second-order valence-electron chi connectivity index (χ2n) is 4.74. The van der Waals surface area contributed by atoms with E-state index in [0.717, 1.165) is 12.1 Å². The van der Waals surface area contributed by atoms with Crippen LogP contribution in [0.1, 0.15) is 21.6 Å². The van der Waals surface area contributed by atoms with Crippen LogP contribution in [0, 0.1) is 0 Å². The number of benzene rings is 1. The maximum atomic E-state index is 12.7. The number of amides is 1. The first-order valence-electron chi connectivity index (χ1n) is 6.53. The highest BCUT2D eigenvalue weighted by molar-refractivity contribution is 6.03. The van der Waals surface area contributed by atoms with Crippen LogP contribution in [0.5, 0.6) is 0 Å². The van der Waals surface area contributed by atoms with Crippen LogP contribution in [-0.2, 0) is 12.7 Å². The molecule has 0 aliphatic rings. The highest BCUT2D eigenvalue weighted by Crippen LogP contribution is 2.29. The molecule has 0 saturated carbocycles. The molecule has 0 fully saturated rings. The summed E-state index contributed by atoms with van der Waals surface area (Å²) in [5.41, 5.74) is 0.0918. The third kappa shape index (κ3) is 3.12. The Hall–Kier alpha value is -2.97. The van der Waals surface area contributed by atoms with E-state index in [1.54, 1.807) is 0 Å². The van der Waals surface area contributed by atoms with Crippen molar-refractivity contribution < 1.29 is 18.0 Å². The fourth-order valence-electron chi connectivity index (χ4n) is 2.07. The second kappa shape index (κ2) is 5.67. The maximum Gasteiger partial charge on any atom is 0.416 e. The molecule has 0 saturated heterocycles. The number of carbonyl (C=O) groups excluding carboxylic acids is 1. The third-order valence-electron chi connectivity index (χ3n) is 3.17. The summed E-state index contributed by atoms with van der Waals surface area (Å²) in [5, 5.41) is 9.35. The van der Waals surface area contributed by atoms with Crippen molar-refractivity contribution in [3.05, 3.63) is 53.6 Å². The Kier molecular flexibility index (Phi) is 3.68. The Labute approximate surface area is 127 Å². The Morgan fingerprint density at radius 2 is 2.09 bits per heavy atom. The fraction of sp³-hybridized carbons (Fsp3) is 0.143. The maximum absolute atomic E-state index is 12.7. The van der Waals surface area contributed by atoms with E-state index < -0.39 is 17.6 Å². The van der Waals surface area contributed by atoms with Crippen LogP contribution in [0.25, 0.3) is 11.0 Å². The standard InChI is InChI=1S/C14H10F3N5O/c15-14(16,17)9-3-1-2-8(4-9)5-18-13(23)11-10-6-21-22-12(10)20-7-19-11/h1-4,6-7H,5H2,(H,18,23)(H,19,20,21,22). The third-order valence-corrected chi connectivity index (χ3v) is 3.17. The Bertz CT molecular complexity index is 859. The summed E-state index contributed by atoms with van der Waals surface area (Å²) >= 11 is 0. The molecule has 6 nitrogen and oxygen atoms in total. The van der Waals surface area contributed by atoms with Crippen molar-refractivity contribution >= 4 is 16.9 Å². The number of fused-ring (bicyclic) bond motifs is 1. The first-order valence-corrected chi connectivity index (χ1v) is 6.53. The molecule has 0 aliphatic heterocycles. The van der Waals surface area contributed by atoms with Crippen LogP contribution in [0.3, 0.4) is 0 Å². The van der Waals surface area contributed by atoms with Crippen molar-refractivity contribution in [1.29, 1.82) is 0 Å². The number of hydrogen-bond acceptors (Lipinski definition) is 4. The normalized spacial score (nSPS) is 11.6. The van der Waals surface area contributed by atoms with E-state index in [4.69, 9.17) is 0 Å². The van der Waals surface area contributed by atoms with Gasteiger partial charge in [-0.15, -0.1) is 0 Å². The summed E-state index contributed by atoms with van der Waals surface area (Å²) in [6, 6.07) is 4.77. The highest BCUT2D eigenvalue weighted by Gasteiger charge is 2.30. The monoisotopic (exact) mass is 321 g/mol. The zero-order valence-electron chi connectivity index (χ0n) is 11.6. The molecule has 118 valence electrons. The van der Waals surface area contributed by atoms with Crippen molar-refractivity contribution in [3.8, 4) is 0 Å². The van der Waals surface area contributed by atoms with Crippen molar-refractivity contribution in [2.75, 3.05) is 0 Å². The summed E-state index contributed by atoms with van der Waals surface area (Å²) in [4.78, 5) is 19.9. The number of carbonyl (C=O) groups is 1. The van der Waals surface area contributed by atoms with Gasteiger partial charge in [-0.05, 0) is 17.7 Å². The Balaban J connectivity index is 1.76. The van der Waals surface area contributed by atoms with Gasteiger partial charge in [0.05, 0.1) is 17.1 Å². The van der Waals surface area contributed by atoms with Crippen molar-refractivity contribution in [3.63, 3.8) is 0 Å². The number of alkyl halides is 3. The minimum absolute atomic E-state index is 0.0495. The molecule has 3 aromatic rings. The topological polar surface area (TPSA) is 83.6 Å². The molecule has 23 heavy (non-hydrogen) atoms. The molecule has 0 spiro atoms. The number of nitrogens with one attached hydrogen (secondary N) is 2. The number of halogens is 3. The SMILES string of the molecule is O=C(NCc1cccc(C(F)(F)F)c1)c1ncnc2[nH]ncc12. The Morgan fingerprint density at radius 1 is 1.26 bits per heavy atom. The zero-order valence-corrected chi connectivity index (χ0v) is 11.6. The lowest BCUT2D eigenvalue weighted by Gasteiger charge is -2.09. The van der Waals surface area contributed by atoms with Crippen LogP contribution in [0.2, 0.25) is 0 Å². The molecule has 2 heterocycles. The first kappa shape index (κ1) is 14.9. The minimum atomic E-state index is -4.42. The average molecular weight is 321 g/mol. The molecule has 2 aromatic heterocycles. The smallest absolute Gasteiger partial charge is 0.347 e. The molecule has 1 amide bonds. The molecule has 0 unspecified atom stereocenters. The van der Waals surface area contributed by atoms with Crippen LogP contribution in [0.15, 0.2) is 36.8 Å². The van der Waals surface area contributed by atoms with Crippen LogP contribution in [0.4, 0.5) is 13.2 Å². The van der Waals surface area contributed by atoms with Gasteiger partial charge in [0.15, 0.2) is 5.65 Å². The van der Waals surface area contributed by atoms with E-state index >= 15 is 0 Å². The number of nitrogens with zero attached hydrogens (tertiary/aromatic N) is 3. The molecule has 0 aliphatic carbocycles. The van der Waals surface area contributed by atoms with Gasteiger partial charge in [0, 0.05) is 6.54 Å². The van der Waals surface area contributed by atoms with Crippen molar-refractivity contribution in [2.24, 2.45) is 0 Å². The van der Waals surface area contributed by atoms with E-state index in [9.17, 15) is 18.0 Å². The van der Waals surface area contributed by atoms with Crippen LogP contribution < -0.4 is 5.32 Å². The van der Waals surface area contributed by atoms with Crippen molar-refractivity contribution in [2.45, 2.75) is 12.7 Å². The van der Waals surface area contributed by atoms with Crippen LogP contribution >= 0.6 is 0 Å². The minimum Gasteiger partial charge on any atom is -0.347 e. The number of aromatic nitrogens is 4. The molecule has 9 heteroatoms. The van der Waals surface area contributed by atoms with E-state index in [0.29, 0.717) is 16.6 Å². The number of rotatable bonds is 3. The van der Waals surface area contributed by atoms with Gasteiger partial charge >= 0.3 is 6.18 Å². The summed E-state index contributed by atoms with van der Waals surface area (Å²) in [5.74, 6) is -0.517. The van der Waals surface area contributed by atoms with Gasteiger partial charge < -0.3 is 5.32 Å². The van der Waals surface area contributed by atoms with Gasteiger partial charge in [0.1, 0.15) is 12.0 Å². The highest BCUT2D eigenvalue weighted by atomic mass is 19.4. The zero-order chi connectivity index (χ0) is 16.4. The Morgan fingerprint density at radius 3 is 2.87 bits per heavy atom. The molecule has 1 aromatic carbocycles. The molecule has 2 N–H and O–H groups in total. The predicted octanol–water partition coefficient (Wildman–Crippen LogP) is 2.30. The van der Waals surface area contributed by atoms with Gasteiger partial charge in [-0.1, -0.05) is 12.1 Å². The lowest BCUT2D eigenvalue weighted by Crippen LogP contribution is -2.24. The molecular weight excluding hydrogens is 311 g/mol. The average Bonchev–Trinajstić information content (AvgIpc) is 3.00. The lowest BCUT2D eigenvalue weighted by atomic mass is 10.1. The first-order chi connectivity index (χ1) is 10.9. The lowest BCUT2D eigenvalue weighted by molar-refractivity contribution is -0.137. The summed E-state index contributed by atoms with van der Waals surface area (Å²) in [6.07, 6.45) is -1.80. The van der Waals surface area contributed by atoms with Crippen molar-refractivity contribution in [1.82, 2.24) is 25.5 Å². The molecule has 3 rings (SSSR count). The summed E-state index contributed by atoms with van der Waals surface area (Å²) < 4.78 is 38.0. The molecule has 0 bridgehead atoms. The van der Waals surface area contributed by atoms with E-state index in [-0.39, 0.29) is 12.2 Å². The van der Waals surface area contributed by atoms with Crippen LogP contribution in [-0.4, -0.2) is 26.1 Å². The second-order valence-corrected chi connectivity index (χ2v) is 4.74. The van der Waals surface area contributed by atoms with Gasteiger partial charge in [0.25, 0.3) is 5.91 Å². The number of hydrogen-bond donors (Lipinski definition) is 2. The van der Waals surface area contributed by atoms with Gasteiger partial charge in [-0.2, -0.15) is 18.3 Å². The quantitative estimate of drug-likeness (QED) is 0.775. The van der Waals surface area contributed by atoms with Gasteiger partial charge in [0.2, 0.25) is 0 Å². The number of aromatic amines is 1. The molecule has 0 atom stereocenters. The van der Waals surface area contributed by atoms with E-state index in [2.05, 4.69) is 25.5 Å². The fourth-order valence-corrected chi connectivity index (χ4v) is 2.07. The van der Waals surface area contributed by atoms with Gasteiger partial charge in [-0.3, -0.25) is 9.89 Å². The van der Waals surface area contributed by atoms with E-state index in [1.807, 2.05) is 0 Å². The summed E-state index contributed by atoms with van der Waals surface area (Å²) in [6.45, 7) is -0.0495.